The number of benzene rings is 1. The lowest BCUT2D eigenvalue weighted by Crippen LogP contribution is -2.37. The first kappa shape index (κ1) is 17.9. The molecule has 0 saturated heterocycles. The van der Waals surface area contributed by atoms with Gasteiger partial charge >= 0.3 is 0 Å². The van der Waals surface area contributed by atoms with Crippen molar-refractivity contribution < 1.29 is 14.3 Å². The molecule has 1 aromatic rings. The van der Waals surface area contributed by atoms with Crippen LogP contribution in [0.1, 0.15) is 18.9 Å². The summed E-state index contributed by atoms with van der Waals surface area (Å²) in [6.07, 6.45) is 0.252. The van der Waals surface area contributed by atoms with Gasteiger partial charge in [0.05, 0.1) is 0 Å². The number of methoxy groups -OCH3 is 1. The van der Waals surface area contributed by atoms with E-state index in [0.717, 1.165) is 16.5 Å². The molecule has 0 aliphatic heterocycles. The molecule has 1 unspecified atom stereocenters. The lowest BCUT2D eigenvalue weighted by atomic mass is 10.2. The Morgan fingerprint density at radius 1 is 1.43 bits per heavy atom. The Kier molecular flexibility index (Phi) is 8.34. The summed E-state index contributed by atoms with van der Waals surface area (Å²) in [6, 6.07) is 5.75. The lowest BCUT2D eigenvalue weighted by Gasteiger charge is -2.17. The monoisotopic (exact) mass is 358 g/mol. The van der Waals surface area contributed by atoms with Crippen molar-refractivity contribution in [1.29, 1.82) is 0 Å². The van der Waals surface area contributed by atoms with Gasteiger partial charge in [-0.25, -0.2) is 0 Å². The van der Waals surface area contributed by atoms with Gasteiger partial charge < -0.3 is 20.1 Å². The van der Waals surface area contributed by atoms with E-state index in [4.69, 9.17) is 9.47 Å². The maximum atomic E-state index is 11.9. The van der Waals surface area contributed by atoms with Crippen LogP contribution in [0, 0.1) is 0 Å². The molecule has 0 aromatic heterocycles. The summed E-state index contributed by atoms with van der Waals surface area (Å²) in [7, 11) is 3.51. The number of ether oxygens (including phenoxy) is 2. The summed E-state index contributed by atoms with van der Waals surface area (Å²) < 4.78 is 11.7. The van der Waals surface area contributed by atoms with Crippen LogP contribution >= 0.6 is 15.9 Å². The standard InChI is InChI=1S/C15H23BrN2O3/c1-11(15(19)18-7-4-8-20-3)21-14-6-5-13(16)9-12(14)10-17-2/h5-6,9,11,17H,4,7-8,10H2,1-3H3,(H,18,19). The number of amides is 1. The minimum absolute atomic E-state index is 0.121. The van der Waals surface area contributed by atoms with Gasteiger partial charge in [0.15, 0.2) is 6.10 Å². The Balaban J connectivity index is 2.57. The molecule has 0 heterocycles. The normalized spacial score (nSPS) is 12.0. The summed E-state index contributed by atoms with van der Waals surface area (Å²) in [5.74, 6) is 0.594. The molecule has 118 valence electrons. The number of hydrogen-bond donors (Lipinski definition) is 2. The van der Waals surface area contributed by atoms with E-state index in [2.05, 4.69) is 26.6 Å². The molecular formula is C15H23BrN2O3. The predicted molar refractivity (Wildman–Crippen MR) is 86.5 cm³/mol. The van der Waals surface area contributed by atoms with Crippen molar-refractivity contribution in [3.63, 3.8) is 0 Å². The zero-order valence-corrected chi connectivity index (χ0v) is 14.3. The predicted octanol–water partition coefficient (Wildman–Crippen LogP) is 2.09. The fourth-order valence-corrected chi connectivity index (χ4v) is 2.22. The minimum atomic E-state index is -0.538. The maximum absolute atomic E-state index is 11.9. The number of nitrogens with one attached hydrogen (secondary N) is 2. The number of rotatable bonds is 9. The highest BCUT2D eigenvalue weighted by Crippen LogP contribution is 2.24. The van der Waals surface area contributed by atoms with Crippen LogP contribution in [0.4, 0.5) is 0 Å². The van der Waals surface area contributed by atoms with Gasteiger partial charge in [-0.3, -0.25) is 4.79 Å². The molecule has 0 spiro atoms. The fourth-order valence-electron chi connectivity index (χ4n) is 1.81. The van der Waals surface area contributed by atoms with E-state index in [-0.39, 0.29) is 5.91 Å². The van der Waals surface area contributed by atoms with Crippen LogP contribution in [0.3, 0.4) is 0 Å². The van der Waals surface area contributed by atoms with Crippen LogP contribution in [0.25, 0.3) is 0 Å². The number of hydrogen-bond acceptors (Lipinski definition) is 4. The van der Waals surface area contributed by atoms with Crippen LogP contribution < -0.4 is 15.4 Å². The first-order valence-electron chi connectivity index (χ1n) is 6.94. The maximum Gasteiger partial charge on any atom is 0.260 e. The first-order chi connectivity index (χ1) is 10.1. The summed E-state index contributed by atoms with van der Waals surface area (Å²) in [4.78, 5) is 11.9. The van der Waals surface area contributed by atoms with Crippen molar-refractivity contribution in [1.82, 2.24) is 10.6 Å². The molecule has 1 atom stereocenters. The van der Waals surface area contributed by atoms with Crippen molar-refractivity contribution in [2.45, 2.75) is 26.0 Å². The van der Waals surface area contributed by atoms with Crippen LogP contribution in [0.15, 0.2) is 22.7 Å². The second-order valence-corrected chi connectivity index (χ2v) is 5.60. The molecule has 6 heteroatoms. The lowest BCUT2D eigenvalue weighted by molar-refractivity contribution is -0.127. The van der Waals surface area contributed by atoms with E-state index in [9.17, 15) is 4.79 Å². The molecule has 0 fully saturated rings. The molecule has 1 amide bonds. The van der Waals surface area contributed by atoms with Gasteiger partial charge in [0.2, 0.25) is 0 Å². The van der Waals surface area contributed by atoms with E-state index >= 15 is 0 Å². The molecule has 5 nitrogen and oxygen atoms in total. The number of halogens is 1. The quantitative estimate of drug-likeness (QED) is 0.663. The van der Waals surface area contributed by atoms with Gasteiger partial charge in [0, 0.05) is 36.8 Å². The van der Waals surface area contributed by atoms with Gasteiger partial charge in [0.1, 0.15) is 5.75 Å². The second-order valence-electron chi connectivity index (χ2n) is 4.68. The van der Waals surface area contributed by atoms with Crippen LogP contribution in [0.2, 0.25) is 0 Å². The Morgan fingerprint density at radius 2 is 2.19 bits per heavy atom. The van der Waals surface area contributed by atoms with Gasteiger partial charge in [-0.1, -0.05) is 15.9 Å². The zero-order chi connectivity index (χ0) is 15.7. The van der Waals surface area contributed by atoms with E-state index < -0.39 is 6.10 Å². The Bertz CT molecular complexity index is 455. The molecule has 1 rings (SSSR count). The van der Waals surface area contributed by atoms with Crippen molar-refractivity contribution >= 4 is 21.8 Å². The molecule has 0 bridgehead atoms. The summed E-state index contributed by atoms with van der Waals surface area (Å²) in [5, 5.41) is 5.92. The number of carbonyl (C=O) groups is 1. The molecule has 21 heavy (non-hydrogen) atoms. The molecule has 0 aliphatic carbocycles. The van der Waals surface area contributed by atoms with Gasteiger partial charge in [-0.2, -0.15) is 0 Å². The second kappa shape index (κ2) is 9.76. The van der Waals surface area contributed by atoms with Crippen molar-refractivity contribution in [3.8, 4) is 5.75 Å². The van der Waals surface area contributed by atoms with Crippen LogP contribution in [-0.2, 0) is 16.1 Å². The van der Waals surface area contributed by atoms with E-state index in [1.54, 1.807) is 14.0 Å². The van der Waals surface area contributed by atoms with Gasteiger partial charge in [-0.05, 0) is 38.6 Å². The van der Waals surface area contributed by atoms with Crippen molar-refractivity contribution in [2.75, 3.05) is 27.3 Å². The first-order valence-corrected chi connectivity index (χ1v) is 7.74. The molecule has 1 aromatic carbocycles. The SMILES string of the molecule is CNCc1cc(Br)ccc1OC(C)C(=O)NCCCOC. The number of carbonyl (C=O) groups excluding carboxylic acids is 1. The van der Waals surface area contributed by atoms with Crippen molar-refractivity contribution in [2.24, 2.45) is 0 Å². The smallest absolute Gasteiger partial charge is 0.260 e. The third-order valence-corrected chi connectivity index (χ3v) is 3.38. The summed E-state index contributed by atoms with van der Waals surface area (Å²) in [5.41, 5.74) is 1.01. The van der Waals surface area contributed by atoms with Crippen LogP contribution in [0.5, 0.6) is 5.75 Å². The highest BCUT2D eigenvalue weighted by atomic mass is 79.9. The molecule has 0 saturated carbocycles. The van der Waals surface area contributed by atoms with E-state index in [1.165, 1.54) is 0 Å². The molecule has 0 aliphatic rings. The highest BCUT2D eigenvalue weighted by Gasteiger charge is 2.15. The average molecular weight is 359 g/mol. The van der Waals surface area contributed by atoms with Crippen molar-refractivity contribution in [3.05, 3.63) is 28.2 Å². The third kappa shape index (κ3) is 6.46. The Hall–Kier alpha value is -1.11. The minimum Gasteiger partial charge on any atom is -0.481 e. The zero-order valence-electron chi connectivity index (χ0n) is 12.7. The largest absolute Gasteiger partial charge is 0.481 e. The van der Waals surface area contributed by atoms with Gasteiger partial charge in [-0.15, -0.1) is 0 Å². The molecule has 0 radical (unpaired) electrons. The Morgan fingerprint density at radius 3 is 2.86 bits per heavy atom. The molecular weight excluding hydrogens is 336 g/mol. The summed E-state index contributed by atoms with van der Waals surface area (Å²) >= 11 is 3.44. The Labute approximate surface area is 134 Å². The van der Waals surface area contributed by atoms with Crippen LogP contribution in [-0.4, -0.2) is 39.3 Å². The highest BCUT2D eigenvalue weighted by molar-refractivity contribution is 9.10. The topological polar surface area (TPSA) is 59.6 Å². The van der Waals surface area contributed by atoms with E-state index in [0.29, 0.717) is 25.4 Å². The summed E-state index contributed by atoms with van der Waals surface area (Å²) in [6.45, 7) is 3.65. The van der Waals surface area contributed by atoms with E-state index in [1.807, 2.05) is 25.2 Å². The third-order valence-electron chi connectivity index (χ3n) is 2.89. The average Bonchev–Trinajstić information content (AvgIpc) is 2.46. The molecule has 2 N–H and O–H groups in total. The van der Waals surface area contributed by atoms with Gasteiger partial charge in [0.25, 0.3) is 5.91 Å². The fraction of sp³-hybridized carbons (Fsp3) is 0.533.